The van der Waals surface area contributed by atoms with Gasteiger partial charge in [-0.25, -0.2) is 4.79 Å². The lowest BCUT2D eigenvalue weighted by atomic mass is 10.0. The van der Waals surface area contributed by atoms with Crippen molar-refractivity contribution in [3.8, 4) is 16.8 Å². The lowest BCUT2D eigenvalue weighted by Gasteiger charge is -2.26. The highest BCUT2D eigenvalue weighted by Gasteiger charge is 2.20. The van der Waals surface area contributed by atoms with Crippen molar-refractivity contribution in [2.75, 3.05) is 13.1 Å². The van der Waals surface area contributed by atoms with Gasteiger partial charge in [0.1, 0.15) is 0 Å². The minimum Gasteiger partial charge on any atom is -0.478 e. The van der Waals surface area contributed by atoms with Gasteiger partial charge < -0.3 is 14.6 Å². The molecule has 154 valence electrons. The number of carbonyl (C=O) groups is 2. The zero-order chi connectivity index (χ0) is 21.3. The van der Waals surface area contributed by atoms with Crippen LogP contribution in [0.1, 0.15) is 51.4 Å². The number of carboxylic acids is 1. The first kappa shape index (κ1) is 20.0. The molecule has 30 heavy (non-hydrogen) atoms. The van der Waals surface area contributed by atoms with E-state index in [1.165, 1.54) is 6.42 Å². The lowest BCUT2D eigenvalue weighted by molar-refractivity contribution is 0.0693. The van der Waals surface area contributed by atoms with Crippen molar-refractivity contribution in [1.29, 1.82) is 0 Å². The molecule has 1 aliphatic heterocycles. The summed E-state index contributed by atoms with van der Waals surface area (Å²) in [5.41, 5.74) is 5.50. The van der Waals surface area contributed by atoms with E-state index >= 15 is 0 Å². The number of aromatic nitrogens is 1. The largest absolute Gasteiger partial charge is 0.478 e. The van der Waals surface area contributed by atoms with Crippen molar-refractivity contribution >= 4 is 11.9 Å². The van der Waals surface area contributed by atoms with Gasteiger partial charge >= 0.3 is 5.97 Å². The maximum absolute atomic E-state index is 12.8. The maximum Gasteiger partial charge on any atom is 0.337 e. The van der Waals surface area contributed by atoms with E-state index in [0.717, 1.165) is 48.4 Å². The van der Waals surface area contributed by atoms with Crippen LogP contribution in [0.25, 0.3) is 16.8 Å². The molecule has 0 radical (unpaired) electrons. The molecule has 0 saturated carbocycles. The average Bonchev–Trinajstić information content (AvgIpc) is 3.08. The van der Waals surface area contributed by atoms with E-state index in [0.29, 0.717) is 16.8 Å². The standard InChI is InChI=1S/C25H26N2O3/c1-17-16-22(25(29)30)18(2)27(17)23-9-5-4-8-21(23)19-10-12-20(13-11-19)24(28)26-14-6-3-7-15-26/h4-5,8-13,16H,3,6-7,14-15H2,1-2H3,(H,29,30). The summed E-state index contributed by atoms with van der Waals surface area (Å²) in [4.78, 5) is 26.3. The summed E-state index contributed by atoms with van der Waals surface area (Å²) in [6.45, 7) is 5.41. The highest BCUT2D eigenvalue weighted by atomic mass is 16.4. The number of piperidine rings is 1. The second kappa shape index (κ2) is 8.19. The van der Waals surface area contributed by atoms with Crippen molar-refractivity contribution in [2.45, 2.75) is 33.1 Å². The van der Waals surface area contributed by atoms with E-state index in [-0.39, 0.29) is 5.91 Å². The van der Waals surface area contributed by atoms with Gasteiger partial charge in [-0.15, -0.1) is 0 Å². The fourth-order valence-electron chi connectivity index (χ4n) is 4.33. The van der Waals surface area contributed by atoms with E-state index in [1.54, 1.807) is 6.07 Å². The third-order valence-electron chi connectivity index (χ3n) is 5.89. The first-order valence-electron chi connectivity index (χ1n) is 10.4. The number of nitrogens with zero attached hydrogens (tertiary/aromatic N) is 2. The molecule has 5 nitrogen and oxygen atoms in total. The van der Waals surface area contributed by atoms with E-state index in [1.807, 2.05) is 71.8 Å². The Balaban J connectivity index is 1.70. The van der Waals surface area contributed by atoms with Gasteiger partial charge in [0, 0.05) is 35.6 Å². The van der Waals surface area contributed by atoms with Crippen LogP contribution in [0, 0.1) is 13.8 Å². The van der Waals surface area contributed by atoms with E-state index < -0.39 is 5.97 Å². The second-order valence-electron chi connectivity index (χ2n) is 7.87. The molecular weight excluding hydrogens is 376 g/mol. The zero-order valence-corrected chi connectivity index (χ0v) is 17.4. The second-order valence-corrected chi connectivity index (χ2v) is 7.87. The van der Waals surface area contributed by atoms with Gasteiger partial charge in [-0.3, -0.25) is 4.79 Å². The monoisotopic (exact) mass is 402 g/mol. The van der Waals surface area contributed by atoms with E-state index in [2.05, 4.69) is 0 Å². The number of likely N-dealkylation sites (tertiary alicyclic amines) is 1. The Bertz CT molecular complexity index is 1090. The van der Waals surface area contributed by atoms with Gasteiger partial charge in [-0.05, 0) is 62.9 Å². The van der Waals surface area contributed by atoms with Gasteiger partial charge in [0.05, 0.1) is 11.3 Å². The number of carbonyl (C=O) groups excluding carboxylic acids is 1. The van der Waals surface area contributed by atoms with Crippen LogP contribution in [0.2, 0.25) is 0 Å². The van der Waals surface area contributed by atoms with Crippen molar-refractivity contribution < 1.29 is 14.7 Å². The highest BCUT2D eigenvalue weighted by Crippen LogP contribution is 2.31. The molecular formula is C25H26N2O3. The van der Waals surface area contributed by atoms with Crippen molar-refractivity contribution in [3.05, 3.63) is 77.1 Å². The Hall–Kier alpha value is -3.34. The molecule has 0 unspecified atom stereocenters. The van der Waals surface area contributed by atoms with Gasteiger partial charge in [0.25, 0.3) is 5.91 Å². The van der Waals surface area contributed by atoms with Crippen molar-refractivity contribution in [3.63, 3.8) is 0 Å². The molecule has 2 aromatic carbocycles. The summed E-state index contributed by atoms with van der Waals surface area (Å²) in [6.07, 6.45) is 3.34. The number of para-hydroxylation sites is 1. The minimum absolute atomic E-state index is 0.0951. The van der Waals surface area contributed by atoms with Gasteiger partial charge in [0.15, 0.2) is 0 Å². The third-order valence-corrected chi connectivity index (χ3v) is 5.89. The van der Waals surface area contributed by atoms with Crippen LogP contribution in [-0.2, 0) is 0 Å². The number of rotatable bonds is 4. The molecule has 0 aliphatic carbocycles. The zero-order valence-electron chi connectivity index (χ0n) is 17.4. The highest BCUT2D eigenvalue weighted by molar-refractivity contribution is 5.95. The molecule has 1 saturated heterocycles. The quantitative estimate of drug-likeness (QED) is 0.661. The molecule has 1 amide bonds. The molecule has 5 heteroatoms. The molecule has 0 atom stereocenters. The van der Waals surface area contributed by atoms with Crippen LogP contribution in [-0.4, -0.2) is 39.5 Å². The Labute approximate surface area is 176 Å². The SMILES string of the molecule is Cc1cc(C(=O)O)c(C)n1-c1ccccc1-c1ccc(C(=O)N2CCCCC2)cc1. The normalized spacial score (nSPS) is 14.0. The van der Waals surface area contributed by atoms with Crippen LogP contribution in [0.15, 0.2) is 54.6 Å². The van der Waals surface area contributed by atoms with Crippen LogP contribution < -0.4 is 0 Å². The van der Waals surface area contributed by atoms with Crippen LogP contribution in [0.4, 0.5) is 0 Å². The van der Waals surface area contributed by atoms with E-state index in [9.17, 15) is 14.7 Å². The van der Waals surface area contributed by atoms with Crippen LogP contribution >= 0.6 is 0 Å². The molecule has 2 heterocycles. The Kier molecular flexibility index (Phi) is 5.44. The number of benzene rings is 2. The molecule has 0 spiro atoms. The van der Waals surface area contributed by atoms with Crippen LogP contribution in [0.5, 0.6) is 0 Å². The summed E-state index contributed by atoms with van der Waals surface area (Å²) in [5, 5.41) is 9.48. The summed E-state index contributed by atoms with van der Waals surface area (Å²) >= 11 is 0. The predicted molar refractivity (Wildman–Crippen MR) is 117 cm³/mol. The number of amides is 1. The molecule has 1 aromatic heterocycles. The van der Waals surface area contributed by atoms with Crippen molar-refractivity contribution in [1.82, 2.24) is 9.47 Å². The number of hydrogen-bond donors (Lipinski definition) is 1. The smallest absolute Gasteiger partial charge is 0.337 e. The number of aromatic carboxylic acids is 1. The topological polar surface area (TPSA) is 62.5 Å². The Morgan fingerprint density at radius 1 is 0.900 bits per heavy atom. The first-order chi connectivity index (χ1) is 14.5. The Morgan fingerprint density at radius 3 is 2.20 bits per heavy atom. The lowest BCUT2D eigenvalue weighted by Crippen LogP contribution is -2.35. The molecule has 1 N–H and O–H groups in total. The maximum atomic E-state index is 12.8. The molecule has 3 aromatic rings. The minimum atomic E-state index is -0.924. The average molecular weight is 402 g/mol. The summed E-state index contributed by atoms with van der Waals surface area (Å²) in [5.74, 6) is -0.829. The van der Waals surface area contributed by atoms with Gasteiger partial charge in [-0.2, -0.15) is 0 Å². The van der Waals surface area contributed by atoms with Crippen molar-refractivity contribution in [2.24, 2.45) is 0 Å². The first-order valence-corrected chi connectivity index (χ1v) is 10.4. The molecule has 1 aliphatic rings. The molecule has 4 rings (SSSR count). The molecule has 1 fully saturated rings. The van der Waals surface area contributed by atoms with Crippen LogP contribution in [0.3, 0.4) is 0 Å². The van der Waals surface area contributed by atoms with Gasteiger partial charge in [-0.1, -0.05) is 30.3 Å². The van der Waals surface area contributed by atoms with E-state index in [4.69, 9.17) is 0 Å². The van der Waals surface area contributed by atoms with Gasteiger partial charge in [0.2, 0.25) is 0 Å². The number of hydrogen-bond acceptors (Lipinski definition) is 2. The fraction of sp³-hybridized carbons (Fsp3) is 0.280. The molecule has 0 bridgehead atoms. The predicted octanol–water partition coefficient (Wildman–Crippen LogP) is 5.09. The third kappa shape index (κ3) is 3.63. The number of aryl methyl sites for hydroxylation is 1. The fourth-order valence-corrected chi connectivity index (χ4v) is 4.33. The summed E-state index contributed by atoms with van der Waals surface area (Å²) in [7, 11) is 0. The number of carboxylic acid groups (broad SMARTS) is 1. The summed E-state index contributed by atoms with van der Waals surface area (Å²) < 4.78 is 1.98. The summed E-state index contributed by atoms with van der Waals surface area (Å²) in [6, 6.07) is 17.4. The Morgan fingerprint density at radius 2 is 1.57 bits per heavy atom.